The summed E-state index contributed by atoms with van der Waals surface area (Å²) in [4.78, 5) is 0. The van der Waals surface area contributed by atoms with Crippen molar-refractivity contribution in [1.29, 1.82) is 0 Å². The standard InChI is InChI=1S/C34H36OP.BrH/c1-26(21-22-33-27(2)25-34(35-5)29(4)28(33)3)23-24-36(30-15-9-6-10-16-30,31-17-11-7-12-18-31)32-19-13-8-14-20-32;/h6-23,25H,24H2,1-5H3;1H/q+1;/p-1/b22-21-,26-23-;. The molecule has 0 spiro atoms. The number of allylic oxidation sites excluding steroid dienone is 3. The van der Waals surface area contributed by atoms with Crippen molar-refractivity contribution in [2.45, 2.75) is 27.7 Å². The van der Waals surface area contributed by atoms with Crippen LogP contribution in [0.5, 0.6) is 5.75 Å². The second-order valence-electron chi connectivity index (χ2n) is 9.34. The fraction of sp³-hybridized carbons (Fsp3) is 0.176. The molecule has 0 bridgehead atoms. The maximum absolute atomic E-state index is 5.56. The molecule has 0 aromatic heterocycles. The van der Waals surface area contributed by atoms with Crippen LogP contribution in [-0.4, -0.2) is 13.3 Å². The van der Waals surface area contributed by atoms with Crippen LogP contribution in [0.3, 0.4) is 0 Å². The Labute approximate surface area is 234 Å². The largest absolute Gasteiger partial charge is 1.00 e. The van der Waals surface area contributed by atoms with E-state index in [1.807, 2.05) is 0 Å². The van der Waals surface area contributed by atoms with Gasteiger partial charge in [0, 0.05) is 0 Å². The summed E-state index contributed by atoms with van der Waals surface area (Å²) in [6, 6.07) is 35.3. The van der Waals surface area contributed by atoms with Crippen molar-refractivity contribution in [2.75, 3.05) is 13.3 Å². The molecule has 0 atom stereocenters. The van der Waals surface area contributed by atoms with Gasteiger partial charge in [0.1, 0.15) is 28.9 Å². The van der Waals surface area contributed by atoms with Crippen LogP contribution in [0.4, 0.5) is 0 Å². The monoisotopic (exact) mass is 570 g/mol. The molecule has 0 radical (unpaired) electrons. The van der Waals surface area contributed by atoms with E-state index in [2.05, 4.69) is 143 Å². The van der Waals surface area contributed by atoms with Gasteiger partial charge in [-0.15, -0.1) is 0 Å². The van der Waals surface area contributed by atoms with Gasteiger partial charge in [-0.1, -0.05) is 72.3 Å². The minimum Gasteiger partial charge on any atom is -1.00 e. The van der Waals surface area contributed by atoms with E-state index in [0.717, 1.165) is 11.9 Å². The van der Waals surface area contributed by atoms with Gasteiger partial charge in [0.2, 0.25) is 0 Å². The molecule has 0 aliphatic rings. The van der Waals surface area contributed by atoms with Crippen LogP contribution in [0.2, 0.25) is 0 Å². The second-order valence-corrected chi connectivity index (χ2v) is 12.9. The Hall–Kier alpha value is -2.93. The zero-order valence-electron chi connectivity index (χ0n) is 22.4. The van der Waals surface area contributed by atoms with Crippen molar-refractivity contribution in [3.05, 3.63) is 137 Å². The summed E-state index contributed by atoms with van der Waals surface area (Å²) in [5, 5.41) is 4.23. The molecule has 1 nitrogen and oxygen atoms in total. The van der Waals surface area contributed by atoms with Crippen LogP contribution in [0, 0.1) is 20.8 Å². The van der Waals surface area contributed by atoms with Crippen LogP contribution in [0.1, 0.15) is 29.2 Å². The van der Waals surface area contributed by atoms with E-state index in [1.54, 1.807) is 7.11 Å². The van der Waals surface area contributed by atoms with Crippen LogP contribution in [-0.2, 0) is 0 Å². The van der Waals surface area contributed by atoms with Crippen LogP contribution in [0.15, 0.2) is 115 Å². The first kappa shape index (κ1) is 28.6. The van der Waals surface area contributed by atoms with Gasteiger partial charge in [0.25, 0.3) is 0 Å². The number of hydrogen-bond acceptors (Lipinski definition) is 1. The van der Waals surface area contributed by atoms with E-state index >= 15 is 0 Å². The molecule has 0 saturated heterocycles. The minimum absolute atomic E-state index is 0. The fourth-order valence-electron chi connectivity index (χ4n) is 4.91. The Kier molecular flexibility index (Phi) is 10.1. The molecule has 4 rings (SSSR count). The smallest absolute Gasteiger partial charge is 0.122 e. The Morgan fingerprint density at radius 2 is 1.19 bits per heavy atom. The Bertz CT molecular complexity index is 1260. The predicted molar refractivity (Wildman–Crippen MR) is 160 cm³/mol. The quantitative estimate of drug-likeness (QED) is 0.222. The second kappa shape index (κ2) is 13.0. The highest BCUT2D eigenvalue weighted by molar-refractivity contribution is 7.95. The highest BCUT2D eigenvalue weighted by atomic mass is 79.9. The SMILES string of the molecule is COc1cc(C)c(/C=C\C(C)=C/C[P+](c2ccccc2)(c2ccccc2)c2ccccc2)c(C)c1C.[Br-]. The molecule has 0 amide bonds. The van der Waals surface area contributed by atoms with Gasteiger partial charge in [-0.05, 0) is 98.5 Å². The van der Waals surface area contributed by atoms with Crippen molar-refractivity contribution >= 4 is 29.3 Å². The normalized spacial score (nSPS) is 11.9. The number of ether oxygens (including phenoxy) is 1. The average Bonchev–Trinajstić information content (AvgIpc) is 2.93. The van der Waals surface area contributed by atoms with E-state index in [9.17, 15) is 0 Å². The molecular formula is C34H36BrOP. The number of benzene rings is 4. The molecule has 0 aliphatic carbocycles. The maximum Gasteiger partial charge on any atom is 0.122 e. The van der Waals surface area contributed by atoms with Gasteiger partial charge >= 0.3 is 0 Å². The molecular weight excluding hydrogens is 535 g/mol. The fourth-order valence-corrected chi connectivity index (χ4v) is 9.04. The van der Waals surface area contributed by atoms with Crippen molar-refractivity contribution in [3.63, 3.8) is 0 Å². The zero-order chi connectivity index (χ0) is 25.5. The first-order valence-corrected chi connectivity index (χ1v) is 14.5. The molecule has 0 fully saturated rings. The van der Waals surface area contributed by atoms with Crippen LogP contribution in [0.25, 0.3) is 6.08 Å². The first-order chi connectivity index (χ1) is 17.5. The summed E-state index contributed by atoms with van der Waals surface area (Å²) in [5.41, 5.74) is 6.26. The van der Waals surface area contributed by atoms with Gasteiger partial charge in [0.05, 0.1) is 13.3 Å². The summed E-state index contributed by atoms with van der Waals surface area (Å²) in [6.07, 6.45) is 7.92. The molecule has 3 heteroatoms. The first-order valence-electron chi connectivity index (χ1n) is 12.5. The number of hydrogen-bond donors (Lipinski definition) is 0. The number of halogens is 1. The molecule has 190 valence electrons. The van der Waals surface area contributed by atoms with E-state index < -0.39 is 7.26 Å². The third-order valence-electron chi connectivity index (χ3n) is 7.12. The van der Waals surface area contributed by atoms with Gasteiger partial charge in [-0.2, -0.15) is 0 Å². The molecule has 0 aliphatic heterocycles. The predicted octanol–water partition coefficient (Wildman–Crippen LogP) is 4.58. The minimum atomic E-state index is -1.87. The number of methoxy groups -OCH3 is 1. The molecule has 0 heterocycles. The molecule has 37 heavy (non-hydrogen) atoms. The van der Waals surface area contributed by atoms with E-state index in [-0.39, 0.29) is 17.0 Å². The van der Waals surface area contributed by atoms with Gasteiger partial charge in [0.15, 0.2) is 0 Å². The third kappa shape index (κ3) is 6.15. The third-order valence-corrected chi connectivity index (χ3v) is 11.4. The summed E-state index contributed by atoms with van der Waals surface area (Å²) in [7, 11) is -0.126. The Morgan fingerprint density at radius 1 is 0.730 bits per heavy atom. The highest BCUT2D eigenvalue weighted by Gasteiger charge is 2.44. The van der Waals surface area contributed by atoms with E-state index in [0.29, 0.717) is 0 Å². The van der Waals surface area contributed by atoms with Gasteiger partial charge in [-0.3, -0.25) is 0 Å². The average molecular weight is 572 g/mol. The van der Waals surface area contributed by atoms with E-state index in [4.69, 9.17) is 4.74 Å². The Morgan fingerprint density at radius 3 is 1.62 bits per heavy atom. The summed E-state index contributed by atoms with van der Waals surface area (Å²) in [6.45, 7) is 8.68. The molecule has 0 unspecified atom stereocenters. The summed E-state index contributed by atoms with van der Waals surface area (Å²) < 4.78 is 5.56. The highest BCUT2D eigenvalue weighted by Crippen LogP contribution is 2.55. The zero-order valence-corrected chi connectivity index (χ0v) is 24.9. The van der Waals surface area contributed by atoms with Crippen LogP contribution < -0.4 is 37.6 Å². The van der Waals surface area contributed by atoms with Gasteiger partial charge < -0.3 is 21.7 Å². The molecule has 4 aromatic rings. The lowest BCUT2D eigenvalue weighted by molar-refractivity contribution is -0.00000757. The maximum atomic E-state index is 5.56. The molecule has 4 aromatic carbocycles. The number of rotatable bonds is 8. The topological polar surface area (TPSA) is 9.23 Å². The molecule has 0 N–H and O–H groups in total. The van der Waals surface area contributed by atoms with Gasteiger partial charge in [-0.25, -0.2) is 0 Å². The van der Waals surface area contributed by atoms with Crippen molar-refractivity contribution in [2.24, 2.45) is 0 Å². The lowest BCUT2D eigenvalue weighted by Gasteiger charge is -2.26. The lowest BCUT2D eigenvalue weighted by atomic mass is 9.96. The van der Waals surface area contributed by atoms with Crippen LogP contribution >= 0.6 is 7.26 Å². The summed E-state index contributed by atoms with van der Waals surface area (Å²) in [5.74, 6) is 0.956. The summed E-state index contributed by atoms with van der Waals surface area (Å²) >= 11 is 0. The molecule has 0 saturated carbocycles. The number of aryl methyl sites for hydroxylation is 1. The van der Waals surface area contributed by atoms with Crippen molar-refractivity contribution in [3.8, 4) is 5.75 Å². The van der Waals surface area contributed by atoms with Crippen molar-refractivity contribution in [1.82, 2.24) is 0 Å². The Balaban J connectivity index is 0.00000380. The lowest BCUT2D eigenvalue weighted by Crippen LogP contribution is -3.00. The van der Waals surface area contributed by atoms with E-state index in [1.165, 1.54) is 43.7 Å². The van der Waals surface area contributed by atoms with Crippen molar-refractivity contribution < 1.29 is 21.7 Å².